The van der Waals surface area contributed by atoms with Gasteiger partial charge in [0.25, 0.3) is 20.2 Å². The van der Waals surface area contributed by atoms with Gasteiger partial charge in [0.1, 0.15) is 39.1 Å². The molecule has 3 N–H and O–H groups in total. The van der Waals surface area contributed by atoms with Gasteiger partial charge in [-0.2, -0.15) is 37.3 Å². The fourth-order valence-corrected chi connectivity index (χ4v) is 6.14. The fraction of sp³-hybridized carbons (Fsp3) is 0.300. The van der Waals surface area contributed by atoms with Crippen molar-refractivity contribution in [2.75, 3.05) is 37.5 Å². The maximum Gasteiger partial charge on any atom is 0.373 e. The Kier molecular flexibility index (Phi) is 13.7. The minimum atomic E-state index is -4.62. The Balaban J connectivity index is 0.000000285. The largest absolute Gasteiger partial charge is 0.495 e. The average molecular weight is 829 g/mol. The van der Waals surface area contributed by atoms with Gasteiger partial charge < -0.3 is 28.5 Å². The van der Waals surface area contributed by atoms with Crippen LogP contribution in [0.3, 0.4) is 0 Å². The first-order valence-corrected chi connectivity index (χ1v) is 17.9. The molecule has 3 heterocycles. The molecule has 0 unspecified atom stereocenters. The van der Waals surface area contributed by atoms with Crippen LogP contribution in [0.25, 0.3) is 0 Å². The molecule has 2 aromatic heterocycles. The second kappa shape index (κ2) is 17.4. The quantitative estimate of drug-likeness (QED) is 0.103. The van der Waals surface area contributed by atoms with Crippen LogP contribution in [0.5, 0.6) is 5.75 Å². The van der Waals surface area contributed by atoms with E-state index in [1.165, 1.54) is 25.3 Å². The van der Waals surface area contributed by atoms with E-state index in [1.54, 1.807) is 37.2 Å². The van der Waals surface area contributed by atoms with Crippen molar-refractivity contribution in [2.45, 2.75) is 42.5 Å². The Morgan fingerprint density at radius 2 is 1.57 bits per heavy atom. The Hall–Kier alpha value is -5.78. The SMILES string of the molecule is CC(C)N1CCCc2cc(N=Nc3ncc(C(=O)O)o3)c(S(=O)(=O)O)cc21.COc1cc(N=Nc2nc(C#N)c(C#N)o2)c(S(=O)(=O)O)cc1N(C)C.[Ni]. The Morgan fingerprint density at radius 3 is 2.07 bits per heavy atom. The molecule has 0 aliphatic carbocycles. The van der Waals surface area contributed by atoms with Crippen molar-refractivity contribution in [2.24, 2.45) is 20.5 Å². The summed E-state index contributed by atoms with van der Waals surface area (Å²) in [7, 11) is -4.48. The molecule has 21 nitrogen and oxygen atoms in total. The molecule has 0 bridgehead atoms. The predicted octanol–water partition coefficient (Wildman–Crippen LogP) is 5.35. The maximum atomic E-state index is 11.8. The second-order valence-electron chi connectivity index (χ2n) is 11.3. The van der Waals surface area contributed by atoms with Crippen molar-refractivity contribution in [1.82, 2.24) is 9.97 Å². The monoisotopic (exact) mass is 828 g/mol. The van der Waals surface area contributed by atoms with E-state index in [1.807, 2.05) is 13.8 Å². The number of oxazole rings is 2. The summed E-state index contributed by atoms with van der Waals surface area (Å²) in [5.74, 6) is -1.81. The van der Waals surface area contributed by atoms with Crippen LogP contribution in [0.2, 0.25) is 0 Å². The number of carboxylic acids is 1. The first-order chi connectivity index (χ1) is 24.9. The molecule has 2 aromatic carbocycles. The summed E-state index contributed by atoms with van der Waals surface area (Å²) in [5, 5.41) is 41.2. The van der Waals surface area contributed by atoms with E-state index >= 15 is 0 Å². The molecule has 0 spiro atoms. The summed E-state index contributed by atoms with van der Waals surface area (Å²) >= 11 is 0. The molecule has 1 aliphatic rings. The minimum absolute atomic E-state index is 0. The number of methoxy groups -OCH3 is 1. The van der Waals surface area contributed by atoms with Gasteiger partial charge in [0.15, 0.2) is 5.69 Å². The van der Waals surface area contributed by atoms with E-state index in [0.717, 1.165) is 36.8 Å². The molecule has 0 amide bonds. The number of hydrogen-bond donors (Lipinski definition) is 3. The van der Waals surface area contributed by atoms with Crippen LogP contribution in [0.1, 0.15) is 47.8 Å². The van der Waals surface area contributed by atoms with E-state index in [-0.39, 0.29) is 62.0 Å². The minimum Gasteiger partial charge on any atom is -0.495 e. The van der Waals surface area contributed by atoms with Gasteiger partial charge in [-0.25, -0.2) is 4.79 Å². The summed E-state index contributed by atoms with van der Waals surface area (Å²) in [6.07, 6.45) is 2.59. The summed E-state index contributed by atoms with van der Waals surface area (Å²) < 4.78 is 81.0. The van der Waals surface area contributed by atoms with Crippen molar-refractivity contribution >= 4 is 61.0 Å². The van der Waals surface area contributed by atoms with Gasteiger partial charge in [-0.15, -0.1) is 10.2 Å². The molecule has 0 saturated heterocycles. The molecule has 0 radical (unpaired) electrons. The predicted molar refractivity (Wildman–Crippen MR) is 182 cm³/mol. The van der Waals surface area contributed by atoms with E-state index in [4.69, 9.17) is 29.2 Å². The number of hydrogen-bond acceptors (Lipinski definition) is 18. The molecular formula is C30H30N10NiO11S2. The number of carboxylic acid groups (broad SMARTS) is 1. The third kappa shape index (κ3) is 10.0. The molecule has 288 valence electrons. The number of ether oxygens (including phenoxy) is 1. The van der Waals surface area contributed by atoms with Crippen molar-refractivity contribution in [3.05, 3.63) is 53.2 Å². The zero-order valence-electron chi connectivity index (χ0n) is 28.8. The second-order valence-corrected chi connectivity index (χ2v) is 14.1. The summed E-state index contributed by atoms with van der Waals surface area (Å²) in [6.45, 7) is 4.78. The van der Waals surface area contributed by atoms with Gasteiger partial charge in [-0.05, 0) is 50.5 Å². The van der Waals surface area contributed by atoms with Crippen molar-refractivity contribution in [3.8, 4) is 17.9 Å². The summed E-state index contributed by atoms with van der Waals surface area (Å²) in [6, 6.07) is 8.03. The average Bonchev–Trinajstić information content (AvgIpc) is 3.75. The number of aromatic carboxylic acids is 1. The molecule has 1 aliphatic heterocycles. The normalized spacial score (nSPS) is 12.7. The van der Waals surface area contributed by atoms with E-state index in [9.17, 15) is 30.7 Å². The molecule has 24 heteroatoms. The zero-order chi connectivity index (χ0) is 39.2. The van der Waals surface area contributed by atoms with Crippen LogP contribution < -0.4 is 14.5 Å². The Morgan fingerprint density at radius 1 is 0.963 bits per heavy atom. The molecule has 0 fully saturated rings. The first-order valence-electron chi connectivity index (χ1n) is 15.0. The van der Waals surface area contributed by atoms with Gasteiger partial charge >= 0.3 is 18.0 Å². The number of nitriles is 2. The number of aryl methyl sites for hydroxylation is 1. The standard InChI is InChI=1S/C16H18N4O6S.C14H12N6O5S.Ni/c1-9(2)20-5-3-4-10-6-11(14(7-12(10)20)27(23,24)25)18-19-16-17-8-13(26-16)15(21)22;1-20(2)10-5-13(26(21,22)23)8(4-11(10)24-3)18-19-14-17-9(6-15)12(7-16)25-14;/h6-9H,3-5H2,1-2H3,(H,21,22)(H,23,24,25);4-5H,1-3H3,(H,21,22,23);. The Labute approximate surface area is 318 Å². The third-order valence-electron chi connectivity index (χ3n) is 7.25. The summed E-state index contributed by atoms with van der Waals surface area (Å²) in [5.41, 5.74) is 1.40. The van der Waals surface area contributed by atoms with Crippen molar-refractivity contribution in [3.63, 3.8) is 0 Å². The number of fused-ring (bicyclic) bond motifs is 1. The topological polar surface area (TPSA) is 311 Å². The number of nitrogens with zero attached hydrogens (tertiary/aromatic N) is 10. The fourth-order valence-electron chi connectivity index (χ4n) is 4.89. The van der Waals surface area contributed by atoms with Gasteiger partial charge in [0.05, 0.1) is 19.0 Å². The number of rotatable bonds is 10. The third-order valence-corrected chi connectivity index (χ3v) is 9.02. The first kappa shape index (κ1) is 42.6. The van der Waals surface area contributed by atoms with Gasteiger partial charge in [0.2, 0.25) is 11.5 Å². The molecule has 0 atom stereocenters. The van der Waals surface area contributed by atoms with Crippen LogP contribution in [0.4, 0.5) is 34.8 Å². The van der Waals surface area contributed by atoms with E-state index < -0.39 is 42.9 Å². The van der Waals surface area contributed by atoms with Gasteiger partial charge in [-0.3, -0.25) is 9.11 Å². The van der Waals surface area contributed by atoms with Crippen LogP contribution in [0.15, 0.2) is 69.5 Å². The maximum absolute atomic E-state index is 11.8. The molecule has 4 aromatic rings. The molecule has 54 heavy (non-hydrogen) atoms. The van der Waals surface area contributed by atoms with Crippen molar-refractivity contribution < 1.29 is 65.9 Å². The number of azo groups is 2. The zero-order valence-corrected chi connectivity index (χ0v) is 31.4. The van der Waals surface area contributed by atoms with Gasteiger partial charge in [0, 0.05) is 54.9 Å². The van der Waals surface area contributed by atoms with Crippen LogP contribution in [-0.4, -0.2) is 80.8 Å². The van der Waals surface area contributed by atoms with Gasteiger partial charge in [-0.1, -0.05) is 10.2 Å². The van der Waals surface area contributed by atoms with E-state index in [0.29, 0.717) is 5.69 Å². The molecule has 0 saturated carbocycles. The van der Waals surface area contributed by atoms with Crippen LogP contribution in [0, 0.1) is 22.7 Å². The summed E-state index contributed by atoms with van der Waals surface area (Å²) in [4.78, 5) is 20.8. The molecular weight excluding hydrogens is 799 g/mol. The number of aromatic nitrogens is 2. The number of anilines is 2. The van der Waals surface area contributed by atoms with Crippen molar-refractivity contribution in [1.29, 1.82) is 10.5 Å². The number of carbonyl (C=O) groups is 1. The molecule has 5 rings (SSSR count). The van der Waals surface area contributed by atoms with E-state index in [2.05, 4.69) is 35.3 Å². The number of benzene rings is 2. The smallest absolute Gasteiger partial charge is 0.373 e. The van der Waals surface area contributed by atoms with Crippen LogP contribution >= 0.6 is 0 Å². The van der Waals surface area contributed by atoms with Crippen LogP contribution in [-0.2, 0) is 43.1 Å². The Bertz CT molecular complexity index is 2380.